The van der Waals surface area contributed by atoms with E-state index in [0.29, 0.717) is 24.0 Å². The van der Waals surface area contributed by atoms with Crippen LogP contribution in [0, 0.1) is 23.3 Å². The molecule has 2 aliphatic heterocycles. The molecule has 2 saturated heterocycles. The van der Waals surface area contributed by atoms with E-state index in [0.717, 1.165) is 43.9 Å². The number of amides is 1. The number of ketones is 1. The molecule has 3 fully saturated rings. The van der Waals surface area contributed by atoms with Gasteiger partial charge in [-0.1, -0.05) is 12.1 Å². The molecule has 3 aromatic carbocycles. The molecule has 6 nitrogen and oxygen atoms in total. The van der Waals surface area contributed by atoms with Gasteiger partial charge in [0.1, 0.15) is 12.4 Å². The van der Waals surface area contributed by atoms with Gasteiger partial charge in [0.25, 0.3) is 5.91 Å². The van der Waals surface area contributed by atoms with Crippen LogP contribution in [0.2, 0.25) is 0 Å². The van der Waals surface area contributed by atoms with Gasteiger partial charge in [-0.2, -0.15) is 0 Å². The Labute approximate surface area is 278 Å². The smallest absolute Gasteiger partial charge is 0.251 e. The van der Waals surface area contributed by atoms with Crippen LogP contribution in [0.4, 0.5) is 17.6 Å². The molecule has 252 valence electrons. The van der Waals surface area contributed by atoms with E-state index in [1.165, 1.54) is 63.1 Å². The summed E-state index contributed by atoms with van der Waals surface area (Å²) >= 11 is 0. The van der Waals surface area contributed by atoms with Gasteiger partial charge in [-0.25, -0.2) is 17.6 Å². The van der Waals surface area contributed by atoms with Crippen molar-refractivity contribution in [3.63, 3.8) is 0 Å². The molecule has 48 heavy (non-hydrogen) atoms. The number of nitrogens with one attached hydrogen (secondary N) is 1. The number of likely N-dealkylation sites (tertiary alicyclic amines) is 2. The molecule has 3 aromatic rings. The van der Waals surface area contributed by atoms with Crippen molar-refractivity contribution in [1.82, 2.24) is 15.1 Å². The van der Waals surface area contributed by atoms with Crippen LogP contribution in [0.25, 0.3) is 12.2 Å². The molecule has 0 unspecified atom stereocenters. The maximum Gasteiger partial charge on any atom is 0.251 e. The Morgan fingerprint density at radius 2 is 1.33 bits per heavy atom. The van der Waals surface area contributed by atoms with Crippen molar-refractivity contribution in [3.05, 3.63) is 112 Å². The van der Waals surface area contributed by atoms with E-state index in [2.05, 4.69) is 15.1 Å². The first-order chi connectivity index (χ1) is 23.2. The zero-order valence-corrected chi connectivity index (χ0v) is 26.7. The van der Waals surface area contributed by atoms with Crippen molar-refractivity contribution in [3.8, 4) is 5.75 Å². The number of nitrogens with zero attached hydrogens (tertiary/aromatic N) is 2. The molecular formula is C38H39F4N3O3. The number of halogens is 4. The van der Waals surface area contributed by atoms with Gasteiger partial charge in [-0.3, -0.25) is 14.5 Å². The fourth-order valence-corrected chi connectivity index (χ4v) is 6.83. The second-order valence-electron chi connectivity index (χ2n) is 12.8. The van der Waals surface area contributed by atoms with E-state index in [9.17, 15) is 27.2 Å². The number of hydrogen-bond acceptors (Lipinski definition) is 5. The number of Topliss-reactive ketones (excluding diaryl/α,β-unsaturated/α-hetero) is 1. The van der Waals surface area contributed by atoms with Gasteiger partial charge in [0.2, 0.25) is 0 Å². The van der Waals surface area contributed by atoms with Crippen molar-refractivity contribution in [1.29, 1.82) is 0 Å². The summed E-state index contributed by atoms with van der Waals surface area (Å²) in [5.41, 5.74) is 1.48. The molecule has 1 amide bonds. The predicted molar refractivity (Wildman–Crippen MR) is 176 cm³/mol. The van der Waals surface area contributed by atoms with Gasteiger partial charge < -0.3 is 15.0 Å². The number of hydrogen-bond donors (Lipinski definition) is 1. The highest BCUT2D eigenvalue weighted by Crippen LogP contribution is 2.30. The van der Waals surface area contributed by atoms with Crippen LogP contribution in [0.15, 0.2) is 71.8 Å². The number of carbonyl (C=O) groups is 2. The molecule has 3 aliphatic rings. The summed E-state index contributed by atoms with van der Waals surface area (Å²) in [4.78, 5) is 31.8. The van der Waals surface area contributed by atoms with Crippen LogP contribution in [-0.4, -0.2) is 72.9 Å². The Hall–Kier alpha value is -4.28. The fraction of sp³-hybridized carbons (Fsp3) is 0.368. The van der Waals surface area contributed by atoms with E-state index in [1.54, 1.807) is 24.3 Å². The Balaban J connectivity index is 1.08. The van der Waals surface area contributed by atoms with Crippen LogP contribution in [-0.2, 0) is 4.79 Å². The number of rotatable bonds is 9. The average molecular weight is 662 g/mol. The molecule has 0 atom stereocenters. The van der Waals surface area contributed by atoms with Crippen molar-refractivity contribution in [2.75, 3.05) is 39.3 Å². The van der Waals surface area contributed by atoms with Crippen LogP contribution in [0.1, 0.15) is 60.0 Å². The lowest BCUT2D eigenvalue weighted by atomic mass is 9.83. The second kappa shape index (κ2) is 15.3. The molecule has 1 N–H and O–H groups in total. The third-order valence-corrected chi connectivity index (χ3v) is 9.43. The standard InChI is InChI=1S/C38H39F4N3O3/c39-33-9-3-25(21-35(33)41)19-28-23-30(24-29(37(28)46)20-26-4-10-34(40)36(42)22-26)43-38(47)27-5-7-32(8-6-27)48-18-17-44-15-11-31(12-16-44)45-13-1-2-14-45/h3-10,19-22,30-31H,1-2,11-18,23-24H2,(H,43,47)/b28-19+,29-20+. The van der Waals surface area contributed by atoms with Gasteiger partial charge >= 0.3 is 0 Å². The minimum absolute atomic E-state index is 0.134. The minimum Gasteiger partial charge on any atom is -0.492 e. The van der Waals surface area contributed by atoms with Crippen molar-refractivity contribution in [2.45, 2.75) is 50.6 Å². The highest BCUT2D eigenvalue weighted by atomic mass is 19.2. The molecule has 2 heterocycles. The van der Waals surface area contributed by atoms with Gasteiger partial charge in [0, 0.05) is 35.3 Å². The lowest BCUT2D eigenvalue weighted by molar-refractivity contribution is -0.113. The first-order valence-corrected chi connectivity index (χ1v) is 16.6. The van der Waals surface area contributed by atoms with Gasteiger partial charge in [-0.05, 0) is 137 Å². The highest BCUT2D eigenvalue weighted by Gasteiger charge is 2.30. The summed E-state index contributed by atoms with van der Waals surface area (Å²) < 4.78 is 60.8. The number of piperidine rings is 1. The monoisotopic (exact) mass is 661 g/mol. The molecule has 0 radical (unpaired) electrons. The normalized spacial score (nSPS) is 21.2. The Morgan fingerprint density at radius 1 is 0.771 bits per heavy atom. The summed E-state index contributed by atoms with van der Waals surface area (Å²) in [6.07, 6.45) is 8.19. The summed E-state index contributed by atoms with van der Waals surface area (Å²) in [6, 6.07) is 13.6. The van der Waals surface area contributed by atoms with E-state index in [1.807, 2.05) is 0 Å². The quantitative estimate of drug-likeness (QED) is 0.202. The van der Waals surface area contributed by atoms with E-state index >= 15 is 0 Å². The zero-order valence-electron chi connectivity index (χ0n) is 26.7. The first-order valence-electron chi connectivity index (χ1n) is 16.6. The van der Waals surface area contributed by atoms with Crippen LogP contribution < -0.4 is 10.1 Å². The minimum atomic E-state index is -1.06. The summed E-state index contributed by atoms with van der Waals surface area (Å²) in [7, 11) is 0. The van der Waals surface area contributed by atoms with Crippen LogP contribution in [0.3, 0.4) is 0 Å². The fourth-order valence-electron chi connectivity index (χ4n) is 6.83. The molecule has 10 heteroatoms. The third kappa shape index (κ3) is 8.41. The highest BCUT2D eigenvalue weighted by molar-refractivity contribution is 6.14. The maximum absolute atomic E-state index is 13.9. The average Bonchev–Trinajstić information content (AvgIpc) is 3.63. The summed E-state index contributed by atoms with van der Waals surface area (Å²) in [5.74, 6) is -4.22. The first kappa shape index (κ1) is 33.6. The van der Waals surface area contributed by atoms with Gasteiger partial charge in [0.15, 0.2) is 29.1 Å². The number of carbonyl (C=O) groups excluding carboxylic acids is 2. The Bertz CT molecular complexity index is 1620. The molecular weight excluding hydrogens is 622 g/mol. The van der Waals surface area contributed by atoms with Crippen LogP contribution >= 0.6 is 0 Å². The lowest BCUT2D eigenvalue weighted by Gasteiger charge is -2.36. The van der Waals surface area contributed by atoms with E-state index in [-0.39, 0.29) is 46.8 Å². The van der Waals surface area contributed by atoms with E-state index in [4.69, 9.17) is 4.74 Å². The van der Waals surface area contributed by atoms with Crippen LogP contribution in [0.5, 0.6) is 5.75 Å². The van der Waals surface area contributed by atoms with Crippen molar-refractivity contribution in [2.24, 2.45) is 0 Å². The lowest BCUT2D eigenvalue weighted by Crippen LogP contribution is -2.44. The van der Waals surface area contributed by atoms with Crippen molar-refractivity contribution >= 4 is 23.8 Å². The summed E-state index contributed by atoms with van der Waals surface area (Å²) in [6.45, 7) is 6.01. The third-order valence-electron chi connectivity index (χ3n) is 9.43. The maximum atomic E-state index is 13.9. The molecule has 1 saturated carbocycles. The topological polar surface area (TPSA) is 61.9 Å². The number of ether oxygens (including phenoxy) is 1. The predicted octanol–water partition coefficient (Wildman–Crippen LogP) is 6.81. The molecule has 6 rings (SSSR count). The SMILES string of the molecule is O=C1/C(=C/c2ccc(F)c(F)c2)CC(NC(=O)c2ccc(OCCN3CCC(N4CCCC4)CC3)cc2)C/C1=C\c1ccc(F)c(F)c1. The van der Waals surface area contributed by atoms with Gasteiger partial charge in [0.05, 0.1) is 0 Å². The Morgan fingerprint density at radius 3 is 1.88 bits per heavy atom. The van der Waals surface area contributed by atoms with E-state index < -0.39 is 29.3 Å². The largest absolute Gasteiger partial charge is 0.492 e. The summed E-state index contributed by atoms with van der Waals surface area (Å²) in [5, 5.41) is 2.97. The second-order valence-corrected chi connectivity index (χ2v) is 12.8. The molecule has 1 aliphatic carbocycles. The van der Waals surface area contributed by atoms with Gasteiger partial charge in [-0.15, -0.1) is 0 Å². The molecule has 0 bridgehead atoms. The zero-order chi connectivity index (χ0) is 33.6. The molecule has 0 spiro atoms. The van der Waals surface area contributed by atoms with Crippen molar-refractivity contribution < 1.29 is 31.9 Å². The molecule has 0 aromatic heterocycles. The number of benzene rings is 3. The Kier molecular flexibility index (Phi) is 10.7.